The fourth-order valence-electron chi connectivity index (χ4n) is 2.86. The average molecular weight is 380 g/mol. The van der Waals surface area contributed by atoms with Crippen LogP contribution >= 0.6 is 0 Å². The first-order valence-corrected chi connectivity index (χ1v) is 10.2. The van der Waals surface area contributed by atoms with Crippen molar-refractivity contribution in [3.05, 3.63) is 84.9 Å². The number of hydrogen-bond donors (Lipinski definition) is 1. The van der Waals surface area contributed by atoms with Crippen LogP contribution in [0.5, 0.6) is 0 Å². The molecule has 6 heteroatoms. The van der Waals surface area contributed by atoms with Crippen LogP contribution in [0.15, 0.2) is 79.4 Å². The lowest BCUT2D eigenvalue weighted by Gasteiger charge is -2.20. The highest BCUT2D eigenvalue weighted by molar-refractivity contribution is 7.92. The third kappa shape index (κ3) is 4.17. The van der Waals surface area contributed by atoms with E-state index in [1.54, 1.807) is 24.3 Å². The van der Waals surface area contributed by atoms with Crippen molar-refractivity contribution >= 4 is 38.1 Å². The molecule has 0 aliphatic rings. The second kappa shape index (κ2) is 7.63. The molecule has 0 unspecified atom stereocenters. The summed E-state index contributed by atoms with van der Waals surface area (Å²) in [5.41, 5.74) is 1.66. The number of nitrogens with one attached hydrogen (secondary N) is 1. The van der Waals surface area contributed by atoms with Gasteiger partial charge >= 0.3 is 0 Å². The molecule has 1 amide bonds. The molecule has 0 radical (unpaired) electrons. The van der Waals surface area contributed by atoms with Crippen LogP contribution in [0, 0.1) is 0 Å². The van der Waals surface area contributed by atoms with Gasteiger partial charge in [0.1, 0.15) is 0 Å². The molecule has 3 rings (SSSR count). The van der Waals surface area contributed by atoms with Crippen molar-refractivity contribution in [2.24, 2.45) is 0 Å². The molecule has 0 saturated carbocycles. The highest BCUT2D eigenvalue weighted by atomic mass is 32.2. The zero-order chi connectivity index (χ0) is 19.4. The molecule has 0 spiro atoms. The monoisotopic (exact) mass is 380 g/mol. The summed E-state index contributed by atoms with van der Waals surface area (Å²) in [6.07, 6.45) is 2.65. The quantitative estimate of drug-likeness (QED) is 0.656. The number of anilines is 2. The molecule has 3 aromatic rings. The second-order valence-corrected chi connectivity index (χ2v) is 8.02. The molecule has 27 heavy (non-hydrogen) atoms. The van der Waals surface area contributed by atoms with E-state index in [0.717, 1.165) is 22.7 Å². The molecular weight excluding hydrogens is 360 g/mol. The predicted octanol–water partition coefficient (Wildman–Crippen LogP) is 4.04. The van der Waals surface area contributed by atoms with Crippen LogP contribution in [0.4, 0.5) is 11.4 Å². The van der Waals surface area contributed by atoms with E-state index in [-0.39, 0.29) is 12.5 Å². The van der Waals surface area contributed by atoms with Gasteiger partial charge in [-0.05, 0) is 35.7 Å². The zero-order valence-electron chi connectivity index (χ0n) is 14.9. The molecular formula is C21H20N2O3S. The van der Waals surface area contributed by atoms with Gasteiger partial charge in [0.25, 0.3) is 5.91 Å². The Bertz CT molecular complexity index is 1080. The number of nitrogens with zero attached hydrogens (tertiary/aromatic N) is 1. The number of carbonyl (C=O) groups is 1. The van der Waals surface area contributed by atoms with Gasteiger partial charge < -0.3 is 5.32 Å². The van der Waals surface area contributed by atoms with Gasteiger partial charge in [-0.1, -0.05) is 42.5 Å². The Morgan fingerprint density at radius 1 is 1.04 bits per heavy atom. The third-order valence-corrected chi connectivity index (χ3v) is 5.31. The molecule has 5 nitrogen and oxygen atoms in total. The normalized spacial score (nSPS) is 11.1. The number of rotatable bonds is 6. The standard InChI is InChI=1S/C21H20N2O3S/c1-3-15-23(27(2,25)26)18-13-11-17(12-14-18)21(24)22-20-10-6-8-16-7-4-5-9-19(16)20/h3-14H,1,15H2,2H3,(H,22,24). The number of sulfonamides is 1. The molecule has 138 valence electrons. The Morgan fingerprint density at radius 2 is 1.70 bits per heavy atom. The molecule has 0 atom stereocenters. The second-order valence-electron chi connectivity index (χ2n) is 6.11. The molecule has 0 bridgehead atoms. The van der Waals surface area contributed by atoms with Gasteiger partial charge in [0.2, 0.25) is 10.0 Å². The third-order valence-electron chi connectivity index (χ3n) is 4.15. The van der Waals surface area contributed by atoms with Crippen LogP contribution in [-0.2, 0) is 10.0 Å². The minimum absolute atomic E-state index is 0.167. The van der Waals surface area contributed by atoms with Crippen LogP contribution in [0.3, 0.4) is 0 Å². The lowest BCUT2D eigenvalue weighted by atomic mass is 10.1. The van der Waals surface area contributed by atoms with Gasteiger partial charge in [-0.3, -0.25) is 9.10 Å². The van der Waals surface area contributed by atoms with Gasteiger partial charge in [0.05, 0.1) is 18.5 Å². The predicted molar refractivity (Wildman–Crippen MR) is 111 cm³/mol. The van der Waals surface area contributed by atoms with E-state index in [4.69, 9.17) is 0 Å². The van der Waals surface area contributed by atoms with E-state index >= 15 is 0 Å². The summed E-state index contributed by atoms with van der Waals surface area (Å²) in [4.78, 5) is 12.6. The van der Waals surface area contributed by atoms with Gasteiger partial charge in [0, 0.05) is 16.6 Å². The summed E-state index contributed by atoms with van der Waals surface area (Å²) in [5.74, 6) is -0.257. The van der Waals surface area contributed by atoms with Gasteiger partial charge in [-0.2, -0.15) is 0 Å². The minimum atomic E-state index is -3.42. The van der Waals surface area contributed by atoms with Crippen LogP contribution in [0.1, 0.15) is 10.4 Å². The first kappa shape index (κ1) is 18.7. The number of benzene rings is 3. The summed E-state index contributed by atoms with van der Waals surface area (Å²) in [6, 6.07) is 20.0. The fourth-order valence-corrected chi connectivity index (χ4v) is 3.74. The molecule has 0 aliphatic carbocycles. The number of hydrogen-bond acceptors (Lipinski definition) is 3. The maximum Gasteiger partial charge on any atom is 0.255 e. The van der Waals surface area contributed by atoms with Crippen molar-refractivity contribution in [1.82, 2.24) is 0 Å². The van der Waals surface area contributed by atoms with Crippen LogP contribution in [0.25, 0.3) is 10.8 Å². The molecule has 0 saturated heterocycles. The number of amides is 1. The van der Waals surface area contributed by atoms with Gasteiger partial charge in [-0.15, -0.1) is 6.58 Å². The smallest absolute Gasteiger partial charge is 0.255 e. The van der Waals surface area contributed by atoms with Crippen molar-refractivity contribution < 1.29 is 13.2 Å². The summed E-state index contributed by atoms with van der Waals surface area (Å²) in [7, 11) is -3.42. The van der Waals surface area contributed by atoms with E-state index in [2.05, 4.69) is 11.9 Å². The first-order valence-electron chi connectivity index (χ1n) is 8.38. The Kier molecular flexibility index (Phi) is 5.28. The van der Waals surface area contributed by atoms with E-state index in [1.807, 2.05) is 42.5 Å². The maximum atomic E-state index is 12.6. The SMILES string of the molecule is C=CCN(c1ccc(C(=O)Nc2cccc3ccccc23)cc1)S(C)(=O)=O. The molecule has 0 aromatic heterocycles. The van der Waals surface area contributed by atoms with Crippen molar-refractivity contribution in [2.75, 3.05) is 22.4 Å². The van der Waals surface area contributed by atoms with E-state index in [0.29, 0.717) is 11.3 Å². The Morgan fingerprint density at radius 3 is 2.37 bits per heavy atom. The minimum Gasteiger partial charge on any atom is -0.321 e. The molecule has 1 N–H and O–H groups in total. The highest BCUT2D eigenvalue weighted by Gasteiger charge is 2.16. The maximum absolute atomic E-state index is 12.6. The Hall–Kier alpha value is -3.12. The van der Waals surface area contributed by atoms with Crippen LogP contribution < -0.4 is 9.62 Å². The van der Waals surface area contributed by atoms with E-state index in [1.165, 1.54) is 10.4 Å². The van der Waals surface area contributed by atoms with Gasteiger partial charge in [0.15, 0.2) is 0 Å². The summed E-state index contributed by atoms with van der Waals surface area (Å²) in [6.45, 7) is 3.75. The van der Waals surface area contributed by atoms with Crippen molar-refractivity contribution in [1.29, 1.82) is 0 Å². The lowest BCUT2D eigenvalue weighted by molar-refractivity contribution is 0.102. The number of carbonyl (C=O) groups excluding carboxylic acids is 1. The first-order chi connectivity index (χ1) is 12.9. The topological polar surface area (TPSA) is 66.5 Å². The molecule has 0 aliphatic heterocycles. The largest absolute Gasteiger partial charge is 0.321 e. The van der Waals surface area contributed by atoms with E-state index in [9.17, 15) is 13.2 Å². The summed E-state index contributed by atoms with van der Waals surface area (Å²) >= 11 is 0. The molecule has 0 fully saturated rings. The highest BCUT2D eigenvalue weighted by Crippen LogP contribution is 2.24. The molecule has 3 aromatic carbocycles. The fraction of sp³-hybridized carbons (Fsp3) is 0.0952. The van der Waals surface area contributed by atoms with Crippen molar-refractivity contribution in [3.8, 4) is 0 Å². The zero-order valence-corrected chi connectivity index (χ0v) is 15.7. The number of fused-ring (bicyclic) bond motifs is 1. The van der Waals surface area contributed by atoms with Crippen LogP contribution in [-0.4, -0.2) is 27.1 Å². The van der Waals surface area contributed by atoms with Crippen LogP contribution in [0.2, 0.25) is 0 Å². The summed E-state index contributed by atoms with van der Waals surface area (Å²) < 4.78 is 25.0. The Labute approximate surface area is 159 Å². The molecule has 0 heterocycles. The average Bonchev–Trinajstić information content (AvgIpc) is 2.65. The summed E-state index contributed by atoms with van der Waals surface area (Å²) in [5, 5.41) is 4.92. The lowest BCUT2D eigenvalue weighted by Crippen LogP contribution is -2.29. The van der Waals surface area contributed by atoms with Gasteiger partial charge in [-0.25, -0.2) is 8.42 Å². The van der Waals surface area contributed by atoms with Crippen molar-refractivity contribution in [2.45, 2.75) is 0 Å². The van der Waals surface area contributed by atoms with Crippen molar-refractivity contribution in [3.63, 3.8) is 0 Å². The Balaban J connectivity index is 1.84. The van der Waals surface area contributed by atoms with E-state index < -0.39 is 10.0 Å².